The van der Waals surface area contributed by atoms with Crippen LogP contribution in [0.5, 0.6) is 23.0 Å². The van der Waals surface area contributed by atoms with Gasteiger partial charge in [0.2, 0.25) is 6.79 Å². The van der Waals surface area contributed by atoms with Gasteiger partial charge in [-0.05, 0) is 48.0 Å². The molecule has 1 N–H and O–H groups in total. The van der Waals surface area contributed by atoms with E-state index in [2.05, 4.69) is 10.5 Å². The Labute approximate surface area is 185 Å². The number of ether oxygens (including phenoxy) is 3. The lowest BCUT2D eigenvalue weighted by atomic mass is 10.2. The van der Waals surface area contributed by atoms with Crippen LogP contribution in [0, 0.1) is 20.2 Å². The van der Waals surface area contributed by atoms with E-state index in [1.54, 1.807) is 18.2 Å². The van der Waals surface area contributed by atoms with Gasteiger partial charge in [0.1, 0.15) is 11.5 Å². The van der Waals surface area contributed by atoms with Crippen molar-refractivity contribution in [1.29, 1.82) is 0 Å². The first kappa shape index (κ1) is 21.2. The number of carbonyl (C=O) groups is 1. The Kier molecular flexibility index (Phi) is 5.80. The molecular formula is C21H14N4O8. The normalized spacial score (nSPS) is 11.9. The van der Waals surface area contributed by atoms with E-state index in [1.807, 2.05) is 0 Å². The van der Waals surface area contributed by atoms with Crippen molar-refractivity contribution in [2.24, 2.45) is 5.10 Å². The second-order valence-corrected chi connectivity index (χ2v) is 6.64. The minimum absolute atomic E-state index is 0.0820. The molecule has 166 valence electrons. The Morgan fingerprint density at radius 1 is 0.909 bits per heavy atom. The molecule has 3 aromatic carbocycles. The van der Waals surface area contributed by atoms with E-state index in [0.29, 0.717) is 17.1 Å². The Morgan fingerprint density at radius 3 is 2.24 bits per heavy atom. The van der Waals surface area contributed by atoms with Gasteiger partial charge in [0.25, 0.3) is 17.3 Å². The van der Waals surface area contributed by atoms with Gasteiger partial charge in [-0.3, -0.25) is 25.0 Å². The predicted octanol–water partition coefficient (Wildman–Crippen LogP) is 3.79. The van der Waals surface area contributed by atoms with Crippen LogP contribution in [-0.2, 0) is 0 Å². The molecule has 12 heteroatoms. The molecular weight excluding hydrogens is 436 g/mol. The summed E-state index contributed by atoms with van der Waals surface area (Å²) in [6.45, 7) is 0.157. The maximum Gasteiger partial charge on any atom is 0.280 e. The number of nitrogens with one attached hydrogen (secondary N) is 1. The summed E-state index contributed by atoms with van der Waals surface area (Å²) in [5, 5.41) is 25.9. The number of nitro groups is 2. The molecule has 0 spiro atoms. The molecule has 0 atom stereocenters. The Hall–Kier alpha value is -5.00. The van der Waals surface area contributed by atoms with E-state index < -0.39 is 27.1 Å². The summed E-state index contributed by atoms with van der Waals surface area (Å²) in [7, 11) is 0. The lowest BCUT2D eigenvalue weighted by molar-refractivity contribution is -0.394. The summed E-state index contributed by atoms with van der Waals surface area (Å²) < 4.78 is 16.0. The number of hydrazone groups is 1. The highest BCUT2D eigenvalue weighted by molar-refractivity contribution is 5.95. The van der Waals surface area contributed by atoms with Crippen molar-refractivity contribution >= 4 is 23.5 Å². The molecule has 0 unspecified atom stereocenters. The fraction of sp³-hybridized carbons (Fsp3) is 0.0476. The van der Waals surface area contributed by atoms with E-state index in [9.17, 15) is 25.0 Å². The average Bonchev–Trinajstić information content (AvgIpc) is 3.27. The van der Waals surface area contributed by atoms with Crippen molar-refractivity contribution < 1.29 is 28.9 Å². The SMILES string of the molecule is O=C(NN=Cc1ccc2c(c1)OCO2)c1ccc(Oc2cc([N+](=O)[O-])cc([N+](=O)[O-])c2)cc1. The summed E-state index contributed by atoms with van der Waals surface area (Å²) in [5.74, 6) is 0.893. The van der Waals surface area contributed by atoms with Crippen molar-refractivity contribution in [2.75, 3.05) is 6.79 Å². The number of non-ortho nitro benzene ring substituents is 2. The van der Waals surface area contributed by atoms with Crippen molar-refractivity contribution in [1.82, 2.24) is 5.43 Å². The number of hydrogen-bond donors (Lipinski definition) is 1. The van der Waals surface area contributed by atoms with Gasteiger partial charge in [0.05, 0.1) is 34.3 Å². The van der Waals surface area contributed by atoms with Gasteiger partial charge in [-0.15, -0.1) is 0 Å². The second kappa shape index (κ2) is 9.01. The van der Waals surface area contributed by atoms with E-state index in [-0.39, 0.29) is 23.9 Å². The van der Waals surface area contributed by atoms with Crippen LogP contribution < -0.4 is 19.6 Å². The topological polar surface area (TPSA) is 155 Å². The van der Waals surface area contributed by atoms with Crippen LogP contribution in [0.3, 0.4) is 0 Å². The average molecular weight is 450 g/mol. The summed E-state index contributed by atoms with van der Waals surface area (Å²) in [6.07, 6.45) is 1.45. The van der Waals surface area contributed by atoms with Gasteiger partial charge in [0, 0.05) is 5.56 Å². The summed E-state index contributed by atoms with van der Waals surface area (Å²) >= 11 is 0. The Balaban J connectivity index is 1.40. The standard InChI is InChI=1S/C21H14N4O8/c26-21(23-22-11-13-1-6-19-20(7-13)32-12-31-19)14-2-4-17(5-3-14)33-18-9-15(24(27)28)8-16(10-18)25(29)30/h1-11H,12H2,(H,23,26). The number of nitro benzene ring substituents is 2. The predicted molar refractivity (Wildman–Crippen MR) is 114 cm³/mol. The van der Waals surface area contributed by atoms with Gasteiger partial charge in [-0.1, -0.05) is 0 Å². The molecule has 12 nitrogen and oxygen atoms in total. The quantitative estimate of drug-likeness (QED) is 0.324. The highest BCUT2D eigenvalue weighted by Crippen LogP contribution is 2.32. The highest BCUT2D eigenvalue weighted by atomic mass is 16.7. The lowest BCUT2D eigenvalue weighted by Gasteiger charge is -2.07. The first-order valence-corrected chi connectivity index (χ1v) is 9.34. The zero-order valence-corrected chi connectivity index (χ0v) is 16.7. The molecule has 3 aromatic rings. The van der Waals surface area contributed by atoms with Gasteiger partial charge in [-0.2, -0.15) is 5.10 Å². The molecule has 0 aliphatic carbocycles. The van der Waals surface area contributed by atoms with Crippen molar-refractivity contribution in [3.8, 4) is 23.0 Å². The van der Waals surface area contributed by atoms with Crippen molar-refractivity contribution in [3.05, 3.63) is 92.0 Å². The van der Waals surface area contributed by atoms with Crippen LogP contribution in [0.25, 0.3) is 0 Å². The maximum absolute atomic E-state index is 12.3. The number of fused-ring (bicyclic) bond motifs is 1. The maximum atomic E-state index is 12.3. The molecule has 33 heavy (non-hydrogen) atoms. The number of carbonyl (C=O) groups excluding carboxylic acids is 1. The van der Waals surface area contributed by atoms with Gasteiger partial charge < -0.3 is 14.2 Å². The van der Waals surface area contributed by atoms with Gasteiger partial charge >= 0.3 is 0 Å². The number of hydrogen-bond acceptors (Lipinski definition) is 9. The smallest absolute Gasteiger partial charge is 0.280 e. The van der Waals surface area contributed by atoms with E-state index in [0.717, 1.165) is 18.2 Å². The third kappa shape index (κ3) is 5.02. The molecule has 4 rings (SSSR count). The van der Waals surface area contributed by atoms with Crippen molar-refractivity contribution in [2.45, 2.75) is 0 Å². The number of benzene rings is 3. The van der Waals surface area contributed by atoms with Crippen LogP contribution in [-0.4, -0.2) is 28.8 Å². The third-order valence-corrected chi connectivity index (χ3v) is 4.43. The molecule has 0 aromatic heterocycles. The Bertz CT molecular complexity index is 1240. The molecule has 0 radical (unpaired) electrons. The molecule has 0 fully saturated rings. The van der Waals surface area contributed by atoms with Gasteiger partial charge in [0.15, 0.2) is 11.5 Å². The lowest BCUT2D eigenvalue weighted by Crippen LogP contribution is -2.17. The minimum Gasteiger partial charge on any atom is -0.457 e. The zero-order valence-electron chi connectivity index (χ0n) is 16.7. The molecule has 0 saturated carbocycles. The molecule has 0 bridgehead atoms. The molecule has 1 heterocycles. The second-order valence-electron chi connectivity index (χ2n) is 6.64. The van der Waals surface area contributed by atoms with Crippen LogP contribution in [0.1, 0.15) is 15.9 Å². The van der Waals surface area contributed by atoms with Crippen LogP contribution in [0.15, 0.2) is 65.8 Å². The number of nitrogens with zero attached hydrogens (tertiary/aromatic N) is 3. The zero-order chi connectivity index (χ0) is 23.4. The summed E-state index contributed by atoms with van der Waals surface area (Å²) in [5.41, 5.74) is 2.42. The first-order valence-electron chi connectivity index (χ1n) is 9.34. The minimum atomic E-state index is -0.753. The van der Waals surface area contributed by atoms with Crippen LogP contribution >= 0.6 is 0 Å². The molecule has 1 amide bonds. The molecule has 1 aliphatic heterocycles. The fourth-order valence-corrected chi connectivity index (χ4v) is 2.87. The Morgan fingerprint density at radius 2 is 1.58 bits per heavy atom. The van der Waals surface area contributed by atoms with E-state index >= 15 is 0 Å². The first-order chi connectivity index (χ1) is 15.9. The number of amides is 1. The van der Waals surface area contributed by atoms with E-state index in [4.69, 9.17) is 14.2 Å². The largest absolute Gasteiger partial charge is 0.457 e. The number of rotatable bonds is 7. The van der Waals surface area contributed by atoms with Crippen molar-refractivity contribution in [3.63, 3.8) is 0 Å². The summed E-state index contributed by atoms with van der Waals surface area (Å²) in [6, 6.07) is 14.0. The van der Waals surface area contributed by atoms with E-state index in [1.165, 1.54) is 30.5 Å². The highest BCUT2D eigenvalue weighted by Gasteiger charge is 2.18. The molecule has 1 aliphatic rings. The van der Waals surface area contributed by atoms with Gasteiger partial charge in [-0.25, -0.2) is 5.43 Å². The molecule has 0 saturated heterocycles. The van der Waals surface area contributed by atoms with Crippen LogP contribution in [0.4, 0.5) is 11.4 Å². The third-order valence-electron chi connectivity index (χ3n) is 4.43. The summed E-state index contributed by atoms with van der Waals surface area (Å²) in [4.78, 5) is 32.7. The van der Waals surface area contributed by atoms with Crippen LogP contribution in [0.2, 0.25) is 0 Å². The fourth-order valence-electron chi connectivity index (χ4n) is 2.87. The monoisotopic (exact) mass is 450 g/mol.